The number of fused-ring (bicyclic) bond motifs is 10. The van der Waals surface area contributed by atoms with Gasteiger partial charge in [-0.05, 0) is 160 Å². The highest BCUT2D eigenvalue weighted by Gasteiger charge is 2.41. The van der Waals surface area contributed by atoms with Crippen LogP contribution in [0.25, 0.3) is 111 Å². The van der Waals surface area contributed by atoms with E-state index in [1.807, 2.05) is 55.0 Å². The van der Waals surface area contributed by atoms with Crippen molar-refractivity contribution < 1.29 is 0 Å². The summed E-state index contributed by atoms with van der Waals surface area (Å²) in [5, 5.41) is 5.13. The van der Waals surface area contributed by atoms with E-state index < -0.39 is 0 Å². The van der Waals surface area contributed by atoms with Gasteiger partial charge in [-0.1, -0.05) is 155 Å². The van der Waals surface area contributed by atoms with Crippen molar-refractivity contribution in [1.82, 2.24) is 19.9 Å². The van der Waals surface area contributed by atoms with Crippen molar-refractivity contribution in [2.24, 2.45) is 0 Å². The Bertz CT molecular complexity index is 3770. The Morgan fingerprint density at radius 1 is 0.294 bits per heavy atom. The molecule has 322 valence electrons. The summed E-state index contributed by atoms with van der Waals surface area (Å²) in [6.07, 6.45) is 5.58. The van der Waals surface area contributed by atoms with Gasteiger partial charge in [-0.25, -0.2) is 4.98 Å². The lowest BCUT2D eigenvalue weighted by molar-refractivity contribution is 0.661. The molecule has 11 aromatic rings. The zero-order valence-electron chi connectivity index (χ0n) is 38.4. The highest BCUT2D eigenvalue weighted by atomic mass is 14.8. The van der Waals surface area contributed by atoms with E-state index in [0.29, 0.717) is 0 Å². The van der Waals surface area contributed by atoms with Gasteiger partial charge in [0.1, 0.15) is 0 Å². The molecule has 0 aliphatic heterocycles. The average Bonchev–Trinajstić information content (AvgIpc) is 3.77. The van der Waals surface area contributed by atoms with Crippen LogP contribution in [0.3, 0.4) is 0 Å². The van der Waals surface area contributed by atoms with E-state index in [-0.39, 0.29) is 10.8 Å². The number of nitrogens with zero attached hydrogens (tertiary/aromatic N) is 4. The van der Waals surface area contributed by atoms with Gasteiger partial charge in [-0.3, -0.25) is 15.0 Å². The monoisotopic (exact) mass is 870 g/mol. The summed E-state index contributed by atoms with van der Waals surface area (Å²) in [5.74, 6) is 0. The summed E-state index contributed by atoms with van der Waals surface area (Å²) in [6.45, 7) is 9.64. The highest BCUT2D eigenvalue weighted by Crippen LogP contribution is 2.57. The summed E-state index contributed by atoms with van der Waals surface area (Å²) in [6, 6.07) is 68.2. The van der Waals surface area contributed by atoms with Gasteiger partial charge in [0, 0.05) is 35.0 Å². The van der Waals surface area contributed by atoms with Gasteiger partial charge in [0.2, 0.25) is 0 Å². The number of benzene rings is 7. The Morgan fingerprint density at radius 2 is 0.765 bits per heavy atom. The van der Waals surface area contributed by atoms with Crippen molar-refractivity contribution in [3.05, 3.63) is 229 Å². The quantitative estimate of drug-likeness (QED) is 0.167. The van der Waals surface area contributed by atoms with Crippen LogP contribution in [0.1, 0.15) is 49.9 Å². The molecule has 0 unspecified atom stereocenters. The minimum Gasteiger partial charge on any atom is -0.256 e. The van der Waals surface area contributed by atoms with Gasteiger partial charge >= 0.3 is 0 Å². The smallest absolute Gasteiger partial charge is 0.0900 e. The maximum Gasteiger partial charge on any atom is 0.0900 e. The molecule has 7 aromatic carbocycles. The van der Waals surface area contributed by atoms with Crippen LogP contribution in [-0.4, -0.2) is 19.9 Å². The van der Waals surface area contributed by atoms with Crippen LogP contribution >= 0.6 is 0 Å². The molecule has 4 heterocycles. The van der Waals surface area contributed by atoms with Crippen molar-refractivity contribution in [3.63, 3.8) is 0 Å². The molecule has 0 N–H and O–H groups in total. The molecule has 4 aromatic heterocycles. The van der Waals surface area contributed by atoms with Gasteiger partial charge in [0.25, 0.3) is 0 Å². The molecule has 4 heteroatoms. The molecule has 0 saturated heterocycles. The molecule has 0 fully saturated rings. The van der Waals surface area contributed by atoms with Crippen molar-refractivity contribution in [1.29, 1.82) is 0 Å². The minimum atomic E-state index is -0.207. The molecule has 0 amide bonds. The van der Waals surface area contributed by atoms with Crippen molar-refractivity contribution >= 4 is 21.5 Å². The van der Waals surface area contributed by atoms with E-state index in [2.05, 4.69) is 189 Å². The van der Waals surface area contributed by atoms with Crippen molar-refractivity contribution in [2.45, 2.75) is 38.5 Å². The third kappa shape index (κ3) is 6.21. The largest absolute Gasteiger partial charge is 0.256 e. The number of hydrogen-bond donors (Lipinski definition) is 0. The minimum absolute atomic E-state index is 0.203. The van der Waals surface area contributed by atoms with E-state index in [9.17, 15) is 0 Å². The van der Waals surface area contributed by atoms with E-state index >= 15 is 0 Å². The molecular weight excluding hydrogens is 825 g/mol. The SMILES string of the molecule is CC1(C)c2cc(-c3ccc(-c4cc(-c5ccccn5)nc(-c5ccccn5)c4)cc3)ccc2-c2ccc3c4c(ccc3c21)-c1ccc(-c2ccnc(-c3cccc5ccccc35)c2)cc1C4(C)C. The molecule has 0 atom stereocenters. The lowest BCUT2D eigenvalue weighted by atomic mass is 9.76. The number of hydrogen-bond acceptors (Lipinski definition) is 4. The van der Waals surface area contributed by atoms with Gasteiger partial charge < -0.3 is 0 Å². The molecule has 2 aliphatic rings. The van der Waals surface area contributed by atoms with E-state index in [1.165, 1.54) is 88.3 Å². The molecule has 0 radical (unpaired) electrons. The van der Waals surface area contributed by atoms with Crippen molar-refractivity contribution in [2.75, 3.05) is 0 Å². The Kier molecular flexibility index (Phi) is 8.88. The number of pyridine rings is 4. The normalized spacial score (nSPS) is 13.8. The van der Waals surface area contributed by atoms with Crippen LogP contribution in [0.15, 0.2) is 207 Å². The lowest BCUT2D eigenvalue weighted by Crippen LogP contribution is -2.18. The van der Waals surface area contributed by atoms with Crippen LogP contribution in [0.5, 0.6) is 0 Å². The number of rotatable bonds is 6. The Hall–Kier alpha value is -8.34. The summed E-state index contributed by atoms with van der Waals surface area (Å²) < 4.78 is 0. The number of aromatic nitrogens is 4. The predicted molar refractivity (Wildman–Crippen MR) is 280 cm³/mol. The van der Waals surface area contributed by atoms with E-state index in [1.54, 1.807) is 0 Å². The fourth-order valence-corrected chi connectivity index (χ4v) is 11.5. The van der Waals surface area contributed by atoms with Crippen LogP contribution in [0.2, 0.25) is 0 Å². The molecule has 0 bridgehead atoms. The second-order valence-corrected chi connectivity index (χ2v) is 19.4. The third-order valence-corrected chi connectivity index (χ3v) is 14.8. The lowest BCUT2D eigenvalue weighted by Gasteiger charge is -2.27. The molecule has 68 heavy (non-hydrogen) atoms. The van der Waals surface area contributed by atoms with Crippen LogP contribution in [0.4, 0.5) is 0 Å². The summed E-state index contributed by atoms with van der Waals surface area (Å²) in [7, 11) is 0. The van der Waals surface area contributed by atoms with Gasteiger partial charge in [0.05, 0.1) is 28.5 Å². The summed E-state index contributed by atoms with van der Waals surface area (Å²) in [5.41, 5.74) is 22.9. The maximum atomic E-state index is 4.98. The molecule has 2 aliphatic carbocycles. The fraction of sp³-hybridized carbons (Fsp3) is 0.0938. The van der Waals surface area contributed by atoms with Gasteiger partial charge in [0.15, 0.2) is 0 Å². The predicted octanol–water partition coefficient (Wildman–Crippen LogP) is 16.2. The first kappa shape index (κ1) is 40.0. The van der Waals surface area contributed by atoms with Crippen molar-refractivity contribution in [3.8, 4) is 89.7 Å². The van der Waals surface area contributed by atoms with Crippen LogP contribution < -0.4 is 0 Å². The van der Waals surface area contributed by atoms with Gasteiger partial charge in [-0.2, -0.15) is 0 Å². The third-order valence-electron chi connectivity index (χ3n) is 14.8. The zero-order valence-corrected chi connectivity index (χ0v) is 38.4. The molecular formula is C64H46N4. The topological polar surface area (TPSA) is 51.6 Å². The Labute approximate surface area is 396 Å². The second kappa shape index (κ2) is 15.1. The average molecular weight is 871 g/mol. The second-order valence-electron chi connectivity index (χ2n) is 19.4. The van der Waals surface area contributed by atoms with E-state index in [0.717, 1.165) is 45.2 Å². The fourth-order valence-electron chi connectivity index (χ4n) is 11.5. The first-order chi connectivity index (χ1) is 33.2. The Balaban J connectivity index is 0.831. The standard InChI is InChI=1S/C64H46N4/c1-63(2)54-34-42(39-18-20-40(21-19-39)45-37-59(56-16-7-9-31-65-56)68-60(38-45)57-17-8-10-32-66-57)22-24-47(54)50-26-28-53-52(61(50)63)29-27-51-48-25-23-43(35-55(48)64(3,4)62(51)53)44-30-33-67-58(36-44)49-15-11-13-41-12-5-6-14-46(41)49/h5-38H,1-4H3. The van der Waals surface area contributed by atoms with Crippen LogP contribution in [-0.2, 0) is 10.8 Å². The highest BCUT2D eigenvalue weighted by molar-refractivity contribution is 6.04. The maximum absolute atomic E-state index is 4.98. The summed E-state index contributed by atoms with van der Waals surface area (Å²) in [4.78, 5) is 19.1. The zero-order chi connectivity index (χ0) is 45.7. The molecule has 4 nitrogen and oxygen atoms in total. The Morgan fingerprint density at radius 3 is 1.35 bits per heavy atom. The molecule has 0 spiro atoms. The van der Waals surface area contributed by atoms with Crippen LogP contribution in [0, 0.1) is 0 Å². The first-order valence-corrected chi connectivity index (χ1v) is 23.5. The van der Waals surface area contributed by atoms with Gasteiger partial charge in [-0.15, -0.1) is 0 Å². The first-order valence-electron chi connectivity index (χ1n) is 23.5. The van der Waals surface area contributed by atoms with E-state index in [4.69, 9.17) is 9.97 Å². The molecule has 0 saturated carbocycles. The molecule has 13 rings (SSSR count). The summed E-state index contributed by atoms with van der Waals surface area (Å²) >= 11 is 0.